The van der Waals surface area contributed by atoms with Crippen LogP contribution in [-0.2, 0) is 22.7 Å². The highest BCUT2D eigenvalue weighted by atomic mass is 16.5. The van der Waals surface area contributed by atoms with E-state index in [1.54, 1.807) is 0 Å². The van der Waals surface area contributed by atoms with Crippen LogP contribution in [0.15, 0.2) is 48.5 Å². The predicted octanol–water partition coefficient (Wildman–Crippen LogP) is 3.62. The van der Waals surface area contributed by atoms with Crippen molar-refractivity contribution in [2.45, 2.75) is 40.0 Å². The Hall–Kier alpha value is -2.33. The molecular formula is C20H25NO3. The number of benzene rings is 2. The third-order valence-corrected chi connectivity index (χ3v) is 3.49. The lowest BCUT2D eigenvalue weighted by Gasteiger charge is -2.09. The maximum atomic E-state index is 11.8. The highest BCUT2D eigenvalue weighted by molar-refractivity contribution is 5.77. The number of carbonyl (C=O) groups is 1. The summed E-state index contributed by atoms with van der Waals surface area (Å²) in [5, 5.41) is 2.86. The number of rotatable bonds is 8. The SMILES string of the molecule is Cc1ccc(OCC(=O)NCc2ccc(COC(C)C)cc2)cc1. The number of ether oxygens (including phenoxy) is 2. The van der Waals surface area contributed by atoms with Crippen molar-refractivity contribution in [1.82, 2.24) is 5.32 Å². The van der Waals surface area contributed by atoms with Gasteiger partial charge in [-0.1, -0.05) is 42.0 Å². The third-order valence-electron chi connectivity index (χ3n) is 3.49. The van der Waals surface area contributed by atoms with Crippen LogP contribution in [-0.4, -0.2) is 18.6 Å². The van der Waals surface area contributed by atoms with Crippen molar-refractivity contribution in [3.05, 3.63) is 65.2 Å². The molecular weight excluding hydrogens is 302 g/mol. The molecule has 0 aliphatic heterocycles. The summed E-state index contributed by atoms with van der Waals surface area (Å²) in [6.45, 7) is 7.15. The first kappa shape index (κ1) is 18.0. The third kappa shape index (κ3) is 6.42. The fourth-order valence-corrected chi connectivity index (χ4v) is 2.05. The average molecular weight is 327 g/mol. The van der Waals surface area contributed by atoms with E-state index in [-0.39, 0.29) is 18.6 Å². The van der Waals surface area contributed by atoms with Crippen LogP contribution in [0.2, 0.25) is 0 Å². The summed E-state index contributed by atoms with van der Waals surface area (Å²) in [6.07, 6.45) is 0.220. The molecule has 4 nitrogen and oxygen atoms in total. The van der Waals surface area contributed by atoms with E-state index in [9.17, 15) is 4.79 Å². The second-order valence-electron chi connectivity index (χ2n) is 6.05. The second-order valence-corrected chi connectivity index (χ2v) is 6.05. The van der Waals surface area contributed by atoms with Crippen LogP contribution >= 0.6 is 0 Å². The molecule has 0 saturated carbocycles. The van der Waals surface area contributed by atoms with Gasteiger partial charge in [0.25, 0.3) is 5.91 Å². The zero-order chi connectivity index (χ0) is 17.4. The number of hydrogen-bond donors (Lipinski definition) is 1. The molecule has 0 heterocycles. The summed E-state index contributed by atoms with van der Waals surface area (Å²) >= 11 is 0. The van der Waals surface area contributed by atoms with E-state index < -0.39 is 0 Å². The van der Waals surface area contributed by atoms with E-state index in [0.717, 1.165) is 16.7 Å². The predicted molar refractivity (Wildman–Crippen MR) is 94.9 cm³/mol. The Balaban J connectivity index is 1.72. The molecule has 0 aliphatic carbocycles. The van der Waals surface area contributed by atoms with Gasteiger partial charge in [-0.2, -0.15) is 0 Å². The van der Waals surface area contributed by atoms with E-state index in [1.165, 1.54) is 0 Å². The summed E-state index contributed by atoms with van der Waals surface area (Å²) in [6, 6.07) is 15.7. The van der Waals surface area contributed by atoms with Gasteiger partial charge in [-0.05, 0) is 44.0 Å². The quantitative estimate of drug-likeness (QED) is 0.805. The first-order valence-electron chi connectivity index (χ1n) is 8.18. The lowest BCUT2D eigenvalue weighted by atomic mass is 10.1. The Bertz CT molecular complexity index is 633. The van der Waals surface area contributed by atoms with E-state index in [4.69, 9.17) is 9.47 Å². The normalized spacial score (nSPS) is 10.7. The smallest absolute Gasteiger partial charge is 0.258 e. The largest absolute Gasteiger partial charge is 0.484 e. The molecule has 0 bridgehead atoms. The van der Waals surface area contributed by atoms with Crippen molar-refractivity contribution in [1.29, 1.82) is 0 Å². The van der Waals surface area contributed by atoms with Gasteiger partial charge in [0.05, 0.1) is 12.7 Å². The molecule has 24 heavy (non-hydrogen) atoms. The van der Waals surface area contributed by atoms with Crippen LogP contribution in [0, 0.1) is 6.92 Å². The lowest BCUT2D eigenvalue weighted by molar-refractivity contribution is -0.123. The van der Waals surface area contributed by atoms with Gasteiger partial charge in [0, 0.05) is 6.54 Å². The van der Waals surface area contributed by atoms with Crippen molar-refractivity contribution in [2.75, 3.05) is 6.61 Å². The fraction of sp³-hybridized carbons (Fsp3) is 0.350. The van der Waals surface area contributed by atoms with Crippen LogP contribution in [0.4, 0.5) is 0 Å². The Morgan fingerprint density at radius 2 is 1.62 bits per heavy atom. The minimum Gasteiger partial charge on any atom is -0.484 e. The standard InChI is InChI=1S/C20H25NO3/c1-15(2)23-13-18-8-6-17(7-9-18)12-21-20(22)14-24-19-10-4-16(3)5-11-19/h4-11,15H,12-14H2,1-3H3,(H,21,22). The Morgan fingerprint density at radius 1 is 1.00 bits per heavy atom. The van der Waals surface area contributed by atoms with Gasteiger partial charge < -0.3 is 14.8 Å². The number of amides is 1. The van der Waals surface area contributed by atoms with Gasteiger partial charge in [0.2, 0.25) is 0 Å². The highest BCUT2D eigenvalue weighted by Crippen LogP contribution is 2.11. The molecule has 0 radical (unpaired) electrons. The number of hydrogen-bond acceptors (Lipinski definition) is 3. The maximum Gasteiger partial charge on any atom is 0.258 e. The topological polar surface area (TPSA) is 47.6 Å². The second kappa shape index (κ2) is 9.08. The molecule has 0 fully saturated rings. The molecule has 0 aliphatic rings. The van der Waals surface area contributed by atoms with Crippen molar-refractivity contribution in [2.24, 2.45) is 0 Å². The Labute approximate surface area is 143 Å². The van der Waals surface area contributed by atoms with Gasteiger partial charge in [0.15, 0.2) is 6.61 Å². The summed E-state index contributed by atoms with van der Waals surface area (Å²) < 4.78 is 11.0. The zero-order valence-electron chi connectivity index (χ0n) is 14.5. The highest BCUT2D eigenvalue weighted by Gasteiger charge is 2.03. The molecule has 2 aromatic rings. The monoisotopic (exact) mass is 327 g/mol. The molecule has 0 spiro atoms. The summed E-state index contributed by atoms with van der Waals surface area (Å²) in [4.78, 5) is 11.8. The van der Waals surface area contributed by atoms with Crippen LogP contribution in [0.5, 0.6) is 5.75 Å². The molecule has 0 atom stereocenters. The molecule has 0 saturated heterocycles. The fourth-order valence-electron chi connectivity index (χ4n) is 2.05. The average Bonchev–Trinajstić information content (AvgIpc) is 2.58. The summed E-state index contributed by atoms with van der Waals surface area (Å²) in [7, 11) is 0. The molecule has 2 rings (SSSR count). The van der Waals surface area contributed by atoms with Crippen molar-refractivity contribution < 1.29 is 14.3 Å². The molecule has 0 aromatic heterocycles. The van der Waals surface area contributed by atoms with Crippen LogP contribution < -0.4 is 10.1 Å². The number of aryl methyl sites for hydroxylation is 1. The summed E-state index contributed by atoms with van der Waals surface area (Å²) in [5.41, 5.74) is 3.34. The zero-order valence-corrected chi connectivity index (χ0v) is 14.5. The van der Waals surface area contributed by atoms with E-state index in [1.807, 2.05) is 69.3 Å². The van der Waals surface area contributed by atoms with Crippen molar-refractivity contribution in [3.8, 4) is 5.75 Å². The van der Waals surface area contributed by atoms with Crippen LogP contribution in [0.1, 0.15) is 30.5 Å². The van der Waals surface area contributed by atoms with Gasteiger partial charge in [0.1, 0.15) is 5.75 Å². The van der Waals surface area contributed by atoms with Crippen LogP contribution in [0.25, 0.3) is 0 Å². The Morgan fingerprint density at radius 3 is 2.25 bits per heavy atom. The minimum absolute atomic E-state index is 0.0172. The van der Waals surface area contributed by atoms with Gasteiger partial charge in [-0.25, -0.2) is 0 Å². The minimum atomic E-state index is -0.136. The van der Waals surface area contributed by atoms with E-state index >= 15 is 0 Å². The molecule has 1 N–H and O–H groups in total. The molecule has 2 aromatic carbocycles. The number of nitrogens with one attached hydrogen (secondary N) is 1. The first-order valence-corrected chi connectivity index (χ1v) is 8.18. The number of carbonyl (C=O) groups excluding carboxylic acids is 1. The van der Waals surface area contributed by atoms with Gasteiger partial charge in [-0.15, -0.1) is 0 Å². The molecule has 0 unspecified atom stereocenters. The van der Waals surface area contributed by atoms with Crippen LogP contribution in [0.3, 0.4) is 0 Å². The van der Waals surface area contributed by atoms with Crippen molar-refractivity contribution >= 4 is 5.91 Å². The molecule has 4 heteroatoms. The molecule has 128 valence electrons. The summed E-state index contributed by atoms with van der Waals surface area (Å²) in [5.74, 6) is 0.563. The van der Waals surface area contributed by atoms with Crippen molar-refractivity contribution in [3.63, 3.8) is 0 Å². The lowest BCUT2D eigenvalue weighted by Crippen LogP contribution is -2.28. The molecule has 1 amide bonds. The van der Waals surface area contributed by atoms with E-state index in [2.05, 4.69) is 5.32 Å². The first-order chi connectivity index (χ1) is 11.5. The van der Waals surface area contributed by atoms with Gasteiger partial charge in [-0.3, -0.25) is 4.79 Å². The van der Waals surface area contributed by atoms with E-state index in [0.29, 0.717) is 18.9 Å². The maximum absolute atomic E-state index is 11.8. The van der Waals surface area contributed by atoms with Gasteiger partial charge >= 0.3 is 0 Å². The Kier molecular flexibility index (Phi) is 6.82.